The number of thiophene rings is 1. The van der Waals surface area contributed by atoms with Crippen LogP contribution in [0.4, 0.5) is 0 Å². The molecule has 0 amide bonds. The van der Waals surface area contributed by atoms with E-state index in [2.05, 4.69) is 28.2 Å². The Bertz CT molecular complexity index is 371. The van der Waals surface area contributed by atoms with Crippen molar-refractivity contribution >= 4 is 11.3 Å². The summed E-state index contributed by atoms with van der Waals surface area (Å²) in [4.78, 5) is 6.17. The van der Waals surface area contributed by atoms with E-state index in [1.807, 2.05) is 0 Å². The highest BCUT2D eigenvalue weighted by Crippen LogP contribution is 2.30. The summed E-state index contributed by atoms with van der Waals surface area (Å²) in [6.45, 7) is 7.70. The second-order valence-electron chi connectivity index (χ2n) is 4.78. The minimum atomic E-state index is -0.311. The van der Waals surface area contributed by atoms with E-state index in [0.717, 1.165) is 25.2 Å². The number of aryl methyl sites for hydroxylation is 1. The van der Waals surface area contributed by atoms with E-state index in [9.17, 15) is 5.11 Å². The van der Waals surface area contributed by atoms with Crippen LogP contribution in [0.25, 0.3) is 0 Å². The molecule has 2 bridgehead atoms. The first-order chi connectivity index (χ1) is 7.75. The van der Waals surface area contributed by atoms with Gasteiger partial charge in [0.15, 0.2) is 0 Å². The van der Waals surface area contributed by atoms with Crippen LogP contribution in [0, 0.1) is 6.92 Å². The molecule has 0 saturated carbocycles. The average molecular weight is 238 g/mol. The lowest BCUT2D eigenvalue weighted by Crippen LogP contribution is -2.62. The molecule has 3 nitrogen and oxygen atoms in total. The smallest absolute Gasteiger partial charge is 0.0968 e. The van der Waals surface area contributed by atoms with Gasteiger partial charge < -0.3 is 5.11 Å². The molecular formula is C12H18N2OS. The zero-order valence-electron chi connectivity index (χ0n) is 9.59. The molecule has 4 heterocycles. The maximum atomic E-state index is 10.5. The second kappa shape index (κ2) is 4.11. The van der Waals surface area contributed by atoms with Crippen LogP contribution in [0.2, 0.25) is 0 Å². The summed E-state index contributed by atoms with van der Waals surface area (Å²) >= 11 is 1.72. The molecule has 0 spiro atoms. The Kier molecular flexibility index (Phi) is 2.75. The number of aliphatic hydroxyl groups excluding tert-OH is 1. The largest absolute Gasteiger partial charge is 0.387 e. The highest BCUT2D eigenvalue weighted by atomic mass is 32.1. The van der Waals surface area contributed by atoms with Crippen LogP contribution in [0.3, 0.4) is 0 Å². The number of fused-ring (bicyclic) bond motifs is 3. The quantitative estimate of drug-likeness (QED) is 0.835. The van der Waals surface area contributed by atoms with Gasteiger partial charge >= 0.3 is 0 Å². The first-order valence-corrected chi connectivity index (χ1v) is 6.82. The van der Waals surface area contributed by atoms with Crippen molar-refractivity contribution in [2.45, 2.75) is 19.1 Å². The van der Waals surface area contributed by atoms with E-state index in [-0.39, 0.29) is 6.10 Å². The summed E-state index contributed by atoms with van der Waals surface area (Å²) in [5, 5.41) is 12.5. The molecule has 0 aromatic carbocycles. The summed E-state index contributed by atoms with van der Waals surface area (Å²) in [6.07, 6.45) is -0.311. The van der Waals surface area contributed by atoms with Gasteiger partial charge in [-0.2, -0.15) is 0 Å². The molecule has 1 N–H and O–H groups in total. The lowest BCUT2D eigenvalue weighted by molar-refractivity contribution is -0.0470. The van der Waals surface area contributed by atoms with Gasteiger partial charge in [0.25, 0.3) is 0 Å². The van der Waals surface area contributed by atoms with Crippen LogP contribution in [0.5, 0.6) is 0 Å². The molecule has 3 saturated heterocycles. The van der Waals surface area contributed by atoms with Crippen molar-refractivity contribution in [3.05, 3.63) is 21.9 Å². The van der Waals surface area contributed by atoms with Gasteiger partial charge in [0.1, 0.15) is 0 Å². The molecule has 0 aliphatic carbocycles. The van der Waals surface area contributed by atoms with Gasteiger partial charge in [-0.3, -0.25) is 9.80 Å². The normalized spacial score (nSPS) is 35.2. The van der Waals surface area contributed by atoms with Crippen molar-refractivity contribution in [1.82, 2.24) is 9.80 Å². The maximum Gasteiger partial charge on any atom is 0.0968 e. The zero-order valence-corrected chi connectivity index (χ0v) is 10.4. The number of hydrogen-bond donors (Lipinski definition) is 1. The molecule has 3 aliphatic rings. The molecule has 2 atom stereocenters. The molecule has 1 aromatic rings. The van der Waals surface area contributed by atoms with Crippen molar-refractivity contribution in [2.24, 2.45) is 0 Å². The Morgan fingerprint density at radius 1 is 1.38 bits per heavy atom. The fourth-order valence-electron chi connectivity index (χ4n) is 2.87. The third kappa shape index (κ3) is 1.70. The highest BCUT2D eigenvalue weighted by molar-refractivity contribution is 7.10. The first kappa shape index (κ1) is 10.7. The van der Waals surface area contributed by atoms with Crippen LogP contribution in [-0.4, -0.2) is 53.7 Å². The molecule has 0 radical (unpaired) electrons. The Labute approximate surface area is 100 Å². The summed E-state index contributed by atoms with van der Waals surface area (Å²) in [6, 6.07) is 2.37. The van der Waals surface area contributed by atoms with Crippen molar-refractivity contribution in [1.29, 1.82) is 0 Å². The van der Waals surface area contributed by atoms with Gasteiger partial charge in [0.05, 0.1) is 12.1 Å². The van der Waals surface area contributed by atoms with E-state index in [1.165, 1.54) is 18.0 Å². The van der Waals surface area contributed by atoms with Crippen molar-refractivity contribution in [3.63, 3.8) is 0 Å². The van der Waals surface area contributed by atoms with Gasteiger partial charge in [-0.25, -0.2) is 0 Å². The van der Waals surface area contributed by atoms with Crippen LogP contribution in [0.15, 0.2) is 11.4 Å². The first-order valence-electron chi connectivity index (χ1n) is 5.94. The third-order valence-corrected chi connectivity index (χ3v) is 4.76. The fraction of sp³-hybridized carbons (Fsp3) is 0.667. The number of piperazine rings is 3. The van der Waals surface area contributed by atoms with Gasteiger partial charge in [0.2, 0.25) is 0 Å². The summed E-state index contributed by atoms with van der Waals surface area (Å²) in [7, 11) is 0. The summed E-state index contributed by atoms with van der Waals surface area (Å²) < 4.78 is 0. The van der Waals surface area contributed by atoms with E-state index >= 15 is 0 Å². The molecular weight excluding hydrogens is 220 g/mol. The number of rotatable bonds is 2. The molecule has 4 rings (SSSR count). The third-order valence-electron chi connectivity index (χ3n) is 3.90. The Balaban J connectivity index is 1.80. The molecule has 16 heavy (non-hydrogen) atoms. The van der Waals surface area contributed by atoms with Gasteiger partial charge in [-0.05, 0) is 23.9 Å². The molecule has 4 heteroatoms. The molecule has 2 unspecified atom stereocenters. The van der Waals surface area contributed by atoms with E-state index in [1.54, 1.807) is 11.3 Å². The minimum Gasteiger partial charge on any atom is -0.387 e. The predicted molar refractivity (Wildman–Crippen MR) is 65.8 cm³/mol. The van der Waals surface area contributed by atoms with Crippen LogP contribution in [-0.2, 0) is 0 Å². The monoisotopic (exact) mass is 238 g/mol. The molecule has 3 aliphatic heterocycles. The van der Waals surface area contributed by atoms with Crippen LogP contribution >= 0.6 is 11.3 Å². The Morgan fingerprint density at radius 3 is 2.62 bits per heavy atom. The molecule has 1 aromatic heterocycles. The van der Waals surface area contributed by atoms with Crippen LogP contribution < -0.4 is 0 Å². The van der Waals surface area contributed by atoms with Gasteiger partial charge in [-0.15, -0.1) is 11.3 Å². The summed E-state index contributed by atoms with van der Waals surface area (Å²) in [5.41, 5.74) is 1.13. The lowest BCUT2D eigenvalue weighted by atomic mass is 9.97. The zero-order chi connectivity index (χ0) is 11.1. The predicted octanol–water partition coefficient (Wildman–Crippen LogP) is 1.09. The second-order valence-corrected chi connectivity index (χ2v) is 5.90. The highest BCUT2D eigenvalue weighted by Gasteiger charge is 2.37. The van der Waals surface area contributed by atoms with Crippen molar-refractivity contribution in [2.75, 3.05) is 32.7 Å². The Hall–Kier alpha value is -0.420. The SMILES string of the molecule is Cc1sccc1C(O)C1CN2CCN1CC2. The average Bonchev–Trinajstić information content (AvgIpc) is 2.76. The topological polar surface area (TPSA) is 26.7 Å². The number of hydrogen-bond acceptors (Lipinski definition) is 4. The standard InChI is InChI=1S/C12H18N2OS/c1-9-10(2-7-16-9)12(15)11-8-13-3-5-14(11)6-4-13/h2,7,11-12,15H,3-6,8H2,1H3. The minimum absolute atomic E-state index is 0.302. The van der Waals surface area contributed by atoms with E-state index < -0.39 is 0 Å². The molecule has 3 fully saturated rings. The Morgan fingerprint density at radius 2 is 2.12 bits per heavy atom. The van der Waals surface area contributed by atoms with E-state index in [0.29, 0.717) is 6.04 Å². The van der Waals surface area contributed by atoms with Gasteiger partial charge in [0, 0.05) is 37.6 Å². The van der Waals surface area contributed by atoms with Crippen LogP contribution in [0.1, 0.15) is 16.5 Å². The van der Waals surface area contributed by atoms with Crippen molar-refractivity contribution < 1.29 is 5.11 Å². The lowest BCUT2D eigenvalue weighted by Gasteiger charge is -2.49. The molecule has 88 valence electrons. The number of aliphatic hydroxyl groups is 1. The van der Waals surface area contributed by atoms with Gasteiger partial charge in [-0.1, -0.05) is 0 Å². The number of nitrogens with zero attached hydrogens (tertiary/aromatic N) is 2. The van der Waals surface area contributed by atoms with Crippen molar-refractivity contribution in [3.8, 4) is 0 Å². The van der Waals surface area contributed by atoms with E-state index in [4.69, 9.17) is 0 Å². The fourth-order valence-corrected chi connectivity index (χ4v) is 3.61. The summed E-state index contributed by atoms with van der Waals surface area (Å²) in [5.74, 6) is 0. The maximum absolute atomic E-state index is 10.5.